The number of carboxylic acids is 1. The highest BCUT2D eigenvalue weighted by atomic mass is 16.4. The molecule has 0 aliphatic rings. The lowest BCUT2D eigenvalue weighted by molar-refractivity contribution is -0.142. The smallest absolute Gasteiger partial charge is 0.305 e. The Morgan fingerprint density at radius 3 is 1.39 bits per heavy atom. The van der Waals surface area contributed by atoms with Crippen molar-refractivity contribution in [3.63, 3.8) is 0 Å². The van der Waals surface area contributed by atoms with Gasteiger partial charge in [-0.05, 0) is 11.1 Å². The van der Waals surface area contributed by atoms with Crippen LogP contribution in [-0.2, 0) is 57.5 Å². The van der Waals surface area contributed by atoms with Crippen LogP contribution in [0.5, 0.6) is 0 Å². The van der Waals surface area contributed by atoms with Crippen LogP contribution in [0, 0.1) is 0 Å². The fourth-order valence-electron chi connectivity index (χ4n) is 5.49. The number of hydrogen-bond donors (Lipinski definition) is 12. The first-order valence-electron chi connectivity index (χ1n) is 18.7. The van der Waals surface area contributed by atoms with Crippen molar-refractivity contribution < 1.29 is 62.6 Å². The Bertz CT molecular complexity index is 1950. The van der Waals surface area contributed by atoms with Gasteiger partial charge in [0, 0.05) is 0 Å². The van der Waals surface area contributed by atoms with Gasteiger partial charge in [-0.25, -0.2) is 0 Å². The quantitative estimate of drug-likeness (QED) is 0.0373. The molecule has 2 aromatic rings. The number of aldehydes is 1. The summed E-state index contributed by atoms with van der Waals surface area (Å²) in [7, 11) is 0. The third-order valence-electron chi connectivity index (χ3n) is 8.40. The van der Waals surface area contributed by atoms with Gasteiger partial charge in [0.05, 0.1) is 70.4 Å². The summed E-state index contributed by atoms with van der Waals surface area (Å²) in [5.41, 5.74) is 16.9. The molecular formula is C38H49N11O13. The Balaban J connectivity index is 2.10. The van der Waals surface area contributed by atoms with E-state index in [0.717, 1.165) is 0 Å². The molecule has 334 valence electrons. The van der Waals surface area contributed by atoms with E-state index < -0.39 is 128 Å². The first kappa shape index (κ1) is 50.4. The second-order valence-corrected chi connectivity index (χ2v) is 13.3. The number of hydrogen-bond acceptors (Lipinski definition) is 13. The Labute approximate surface area is 353 Å². The van der Waals surface area contributed by atoms with Crippen molar-refractivity contribution in [3.8, 4) is 0 Å². The van der Waals surface area contributed by atoms with E-state index in [4.69, 9.17) is 17.2 Å². The zero-order valence-corrected chi connectivity index (χ0v) is 33.2. The lowest BCUT2D eigenvalue weighted by Gasteiger charge is -2.26. The maximum absolute atomic E-state index is 13.4. The largest absolute Gasteiger partial charge is 0.481 e. The van der Waals surface area contributed by atoms with E-state index in [0.29, 0.717) is 17.4 Å². The molecule has 0 saturated carbocycles. The molecule has 0 aromatic heterocycles. The van der Waals surface area contributed by atoms with Crippen LogP contribution in [-0.4, -0.2) is 121 Å². The topological polar surface area (TPSA) is 399 Å². The Kier molecular flexibility index (Phi) is 21.4. The lowest BCUT2D eigenvalue weighted by atomic mass is 10.0. The van der Waals surface area contributed by atoms with Crippen LogP contribution >= 0.6 is 0 Å². The van der Waals surface area contributed by atoms with Gasteiger partial charge in [-0.2, -0.15) is 0 Å². The molecule has 0 aliphatic carbocycles. The number of rotatable bonds is 27. The van der Waals surface area contributed by atoms with E-state index >= 15 is 0 Å². The Morgan fingerprint density at radius 2 is 0.919 bits per heavy atom. The second-order valence-electron chi connectivity index (χ2n) is 13.3. The van der Waals surface area contributed by atoms with Crippen molar-refractivity contribution in [2.24, 2.45) is 17.2 Å². The molecule has 2 rings (SSSR count). The highest BCUT2D eigenvalue weighted by Gasteiger charge is 2.33. The second kappa shape index (κ2) is 26.4. The molecule has 24 heteroatoms. The van der Waals surface area contributed by atoms with Gasteiger partial charge in [-0.3, -0.25) is 52.7 Å². The summed E-state index contributed by atoms with van der Waals surface area (Å²) < 4.78 is 0. The van der Waals surface area contributed by atoms with Gasteiger partial charge in [0.2, 0.25) is 59.1 Å². The van der Waals surface area contributed by atoms with Crippen molar-refractivity contribution in [2.75, 3.05) is 26.2 Å². The summed E-state index contributed by atoms with van der Waals surface area (Å²) in [5.74, 6) is -11.3. The van der Waals surface area contributed by atoms with Crippen LogP contribution in [0.25, 0.3) is 0 Å². The summed E-state index contributed by atoms with van der Waals surface area (Å²) in [6.07, 6.45) is -3.04. The predicted molar refractivity (Wildman–Crippen MR) is 214 cm³/mol. The van der Waals surface area contributed by atoms with Gasteiger partial charge in [-0.1, -0.05) is 60.7 Å². The van der Waals surface area contributed by atoms with Crippen molar-refractivity contribution >= 4 is 71.3 Å². The molecular weight excluding hydrogens is 818 g/mol. The zero-order valence-electron chi connectivity index (χ0n) is 33.2. The van der Waals surface area contributed by atoms with Gasteiger partial charge in [0.25, 0.3) is 0 Å². The number of amides is 10. The predicted octanol–water partition coefficient (Wildman–Crippen LogP) is -5.33. The number of carbonyl (C=O) groups is 12. The molecule has 5 atom stereocenters. The molecule has 0 unspecified atom stereocenters. The number of aliphatic carboxylic acids is 1. The first-order valence-corrected chi connectivity index (χ1v) is 18.7. The van der Waals surface area contributed by atoms with E-state index in [9.17, 15) is 62.6 Å². The standard InChI is InChI=1S/C38H49N11O13/c39-18-32(55)45-23(21-7-3-1-4-8-21)15-31(54)43-19-33(56)44-20-34(57)46-25(13-28(40)51)36(60)49-27(17-35(58)59)38(62)48-26(14-29(41)52)37(61)47-24(16-30(53)42-11-12-50)22-9-5-2-6-10-22/h1-10,12,23-27H,11,13-20,39H2,(H2,40,51)(H2,41,52)(H,42,53)(H,43,54)(H,44,56)(H,45,55)(H,46,57)(H,47,61)(H,48,62)(H,49,60)(H,58,59)/t23-,24-,25-,26-,27-/m0/s1. The third kappa shape index (κ3) is 19.3. The third-order valence-corrected chi connectivity index (χ3v) is 8.40. The SMILES string of the molecule is NCC(=O)N[C@@H](CC(=O)NCC(=O)NCC(=O)N[C@@H](CC(N)=O)C(=O)N[C@@H](CC(=O)O)C(=O)N[C@@H](CC(N)=O)C(=O)N[C@@H](CC(=O)NCC=O)c1ccccc1)c1ccccc1. The maximum Gasteiger partial charge on any atom is 0.305 e. The molecule has 0 radical (unpaired) electrons. The molecule has 0 fully saturated rings. The number of carbonyl (C=O) groups excluding carboxylic acids is 11. The summed E-state index contributed by atoms with van der Waals surface area (Å²) in [6, 6.07) is 9.00. The van der Waals surface area contributed by atoms with Gasteiger partial charge in [0.1, 0.15) is 24.4 Å². The Morgan fingerprint density at radius 1 is 0.500 bits per heavy atom. The number of benzene rings is 2. The Hall–Kier alpha value is -7.76. The fraction of sp³-hybridized carbons (Fsp3) is 0.368. The first-order chi connectivity index (χ1) is 29.4. The average molecular weight is 868 g/mol. The minimum Gasteiger partial charge on any atom is -0.481 e. The van der Waals surface area contributed by atoms with Gasteiger partial charge < -0.3 is 69.6 Å². The minimum absolute atomic E-state index is 0.271. The highest BCUT2D eigenvalue weighted by molar-refractivity contribution is 5.99. The number of carboxylic acid groups (broad SMARTS) is 1. The number of primary amides is 2. The number of nitrogens with one attached hydrogen (secondary N) is 8. The summed E-state index contributed by atoms with van der Waals surface area (Å²) >= 11 is 0. The summed E-state index contributed by atoms with van der Waals surface area (Å²) in [4.78, 5) is 148. The molecule has 15 N–H and O–H groups in total. The van der Waals surface area contributed by atoms with Crippen LogP contribution in [0.4, 0.5) is 0 Å². The van der Waals surface area contributed by atoms with E-state index in [-0.39, 0.29) is 25.9 Å². The molecule has 10 amide bonds. The molecule has 2 aromatic carbocycles. The molecule has 0 bridgehead atoms. The van der Waals surface area contributed by atoms with E-state index in [2.05, 4.69) is 42.5 Å². The van der Waals surface area contributed by atoms with Crippen molar-refractivity contribution in [3.05, 3.63) is 71.8 Å². The van der Waals surface area contributed by atoms with Crippen LogP contribution in [0.3, 0.4) is 0 Å². The van der Waals surface area contributed by atoms with E-state index in [1.54, 1.807) is 60.7 Å². The molecule has 0 spiro atoms. The minimum atomic E-state index is -2.00. The van der Waals surface area contributed by atoms with Crippen LogP contribution < -0.4 is 59.7 Å². The normalized spacial score (nSPS) is 12.9. The van der Waals surface area contributed by atoms with Gasteiger partial charge in [-0.15, -0.1) is 0 Å². The average Bonchev–Trinajstić information content (AvgIpc) is 3.22. The van der Waals surface area contributed by atoms with E-state index in [1.807, 2.05) is 0 Å². The van der Waals surface area contributed by atoms with Crippen molar-refractivity contribution in [2.45, 2.75) is 62.3 Å². The van der Waals surface area contributed by atoms with E-state index in [1.165, 1.54) is 0 Å². The molecule has 0 aliphatic heterocycles. The highest BCUT2D eigenvalue weighted by Crippen LogP contribution is 2.18. The van der Waals surface area contributed by atoms with Crippen LogP contribution in [0.2, 0.25) is 0 Å². The van der Waals surface area contributed by atoms with Crippen molar-refractivity contribution in [1.29, 1.82) is 0 Å². The fourth-order valence-corrected chi connectivity index (χ4v) is 5.49. The van der Waals surface area contributed by atoms with Crippen LogP contribution in [0.1, 0.15) is 55.3 Å². The molecule has 0 saturated heterocycles. The van der Waals surface area contributed by atoms with Gasteiger partial charge >= 0.3 is 5.97 Å². The van der Waals surface area contributed by atoms with Crippen LogP contribution in [0.15, 0.2) is 60.7 Å². The summed E-state index contributed by atoms with van der Waals surface area (Å²) in [6.45, 7) is -2.07. The monoisotopic (exact) mass is 867 g/mol. The lowest BCUT2D eigenvalue weighted by Crippen LogP contribution is -2.58. The summed E-state index contributed by atoms with van der Waals surface area (Å²) in [5, 5.41) is 27.8. The maximum atomic E-state index is 13.4. The zero-order chi connectivity index (χ0) is 46.2. The molecule has 62 heavy (non-hydrogen) atoms. The van der Waals surface area contributed by atoms with Crippen molar-refractivity contribution in [1.82, 2.24) is 42.5 Å². The molecule has 24 nitrogen and oxygen atoms in total. The molecule has 0 heterocycles. The van der Waals surface area contributed by atoms with Gasteiger partial charge in [0.15, 0.2) is 0 Å². The number of nitrogens with two attached hydrogens (primary N) is 3.